The molecule has 0 saturated carbocycles. The van der Waals surface area contributed by atoms with Gasteiger partial charge in [0.15, 0.2) is 0 Å². The summed E-state index contributed by atoms with van der Waals surface area (Å²) in [6, 6.07) is 7.04. The van der Waals surface area contributed by atoms with Gasteiger partial charge < -0.3 is 19.4 Å². The second kappa shape index (κ2) is 7.81. The Morgan fingerprint density at radius 3 is 2.18 bits per heavy atom. The minimum Gasteiger partial charge on any atom is -0.497 e. The Hall–Kier alpha value is -2.57. The molecular formula is C21H29N3O4. The van der Waals surface area contributed by atoms with Gasteiger partial charge in [-0.05, 0) is 24.3 Å². The maximum atomic E-state index is 13.1. The van der Waals surface area contributed by atoms with Gasteiger partial charge in [-0.3, -0.25) is 14.4 Å². The lowest BCUT2D eigenvalue weighted by molar-refractivity contribution is -0.135. The first-order valence-electron chi connectivity index (χ1n) is 9.71. The predicted octanol–water partition coefficient (Wildman–Crippen LogP) is 1.48. The van der Waals surface area contributed by atoms with E-state index in [-0.39, 0.29) is 23.6 Å². The van der Waals surface area contributed by atoms with Gasteiger partial charge in [0.05, 0.1) is 7.11 Å². The van der Waals surface area contributed by atoms with Crippen molar-refractivity contribution in [2.45, 2.75) is 20.3 Å². The van der Waals surface area contributed by atoms with Gasteiger partial charge in [-0.2, -0.15) is 0 Å². The van der Waals surface area contributed by atoms with Gasteiger partial charge in [-0.25, -0.2) is 0 Å². The van der Waals surface area contributed by atoms with Gasteiger partial charge in [0.2, 0.25) is 11.8 Å². The summed E-state index contributed by atoms with van der Waals surface area (Å²) in [5.74, 6) is 0.634. The third-order valence-corrected chi connectivity index (χ3v) is 5.65. The second-order valence-electron chi connectivity index (χ2n) is 8.30. The fourth-order valence-electron chi connectivity index (χ4n) is 4.22. The molecule has 1 unspecified atom stereocenters. The largest absolute Gasteiger partial charge is 0.497 e. The predicted molar refractivity (Wildman–Crippen MR) is 105 cm³/mol. The summed E-state index contributed by atoms with van der Waals surface area (Å²) in [4.78, 5) is 43.5. The average molecular weight is 387 g/mol. The molecule has 3 amide bonds. The lowest BCUT2D eigenvalue weighted by Crippen LogP contribution is -2.45. The summed E-state index contributed by atoms with van der Waals surface area (Å²) in [6.45, 7) is 6.24. The molecule has 0 radical (unpaired) electrons. The molecule has 0 bridgehead atoms. The van der Waals surface area contributed by atoms with Crippen molar-refractivity contribution in [1.82, 2.24) is 14.7 Å². The van der Waals surface area contributed by atoms with Crippen LogP contribution in [0.4, 0.5) is 0 Å². The number of benzene rings is 1. The fourth-order valence-corrected chi connectivity index (χ4v) is 4.22. The SMILES string of the molecule is COc1ccc(C(=O)N2CCN(C(=O)C(C)C)CC3(CC(=O)N(C)C3)C2)cc1. The summed E-state index contributed by atoms with van der Waals surface area (Å²) in [5.41, 5.74) is 0.159. The van der Waals surface area contributed by atoms with Crippen LogP contribution in [0.25, 0.3) is 0 Å². The molecule has 1 spiro atoms. The number of ether oxygens (including phenoxy) is 1. The molecule has 0 N–H and O–H groups in total. The van der Waals surface area contributed by atoms with Crippen LogP contribution < -0.4 is 4.74 Å². The highest BCUT2D eigenvalue weighted by Crippen LogP contribution is 2.35. The van der Waals surface area contributed by atoms with E-state index in [2.05, 4.69) is 0 Å². The topological polar surface area (TPSA) is 70.2 Å². The van der Waals surface area contributed by atoms with Crippen LogP contribution in [0.15, 0.2) is 24.3 Å². The molecule has 152 valence electrons. The zero-order valence-electron chi connectivity index (χ0n) is 17.1. The third kappa shape index (κ3) is 3.98. The monoisotopic (exact) mass is 387 g/mol. The molecule has 0 aromatic heterocycles. The summed E-state index contributed by atoms with van der Waals surface area (Å²) >= 11 is 0. The summed E-state index contributed by atoms with van der Waals surface area (Å²) in [7, 11) is 3.37. The molecule has 1 atom stereocenters. The highest BCUT2D eigenvalue weighted by atomic mass is 16.5. The molecule has 28 heavy (non-hydrogen) atoms. The van der Waals surface area contributed by atoms with E-state index >= 15 is 0 Å². The quantitative estimate of drug-likeness (QED) is 0.788. The Labute approximate surface area is 166 Å². The summed E-state index contributed by atoms with van der Waals surface area (Å²) in [5, 5.41) is 0. The van der Waals surface area contributed by atoms with Crippen LogP contribution in [-0.2, 0) is 9.59 Å². The molecule has 2 aliphatic rings. The molecule has 3 rings (SSSR count). The molecule has 2 aliphatic heterocycles. The van der Waals surface area contributed by atoms with E-state index in [9.17, 15) is 14.4 Å². The number of amides is 3. The van der Waals surface area contributed by atoms with Crippen LogP contribution in [0.5, 0.6) is 5.75 Å². The normalized spacial score (nSPS) is 22.8. The minimum atomic E-state index is -0.422. The number of rotatable bonds is 3. The maximum Gasteiger partial charge on any atom is 0.253 e. The second-order valence-corrected chi connectivity index (χ2v) is 8.30. The van der Waals surface area contributed by atoms with Gasteiger partial charge in [-0.15, -0.1) is 0 Å². The Kier molecular flexibility index (Phi) is 5.63. The Morgan fingerprint density at radius 1 is 1.04 bits per heavy atom. The van der Waals surface area contributed by atoms with Gasteiger partial charge in [-0.1, -0.05) is 13.8 Å². The molecule has 1 aromatic rings. The number of likely N-dealkylation sites (tertiary alicyclic amines) is 1. The van der Waals surface area contributed by atoms with E-state index in [0.717, 1.165) is 0 Å². The van der Waals surface area contributed by atoms with E-state index in [0.29, 0.717) is 50.5 Å². The van der Waals surface area contributed by atoms with E-state index in [1.165, 1.54) is 0 Å². The number of methoxy groups -OCH3 is 1. The van der Waals surface area contributed by atoms with Crippen LogP contribution in [0.1, 0.15) is 30.6 Å². The van der Waals surface area contributed by atoms with Crippen molar-refractivity contribution in [2.24, 2.45) is 11.3 Å². The smallest absolute Gasteiger partial charge is 0.253 e. The van der Waals surface area contributed by atoms with Gasteiger partial charge >= 0.3 is 0 Å². The number of carbonyl (C=O) groups excluding carboxylic acids is 3. The van der Waals surface area contributed by atoms with E-state index in [4.69, 9.17) is 4.74 Å². The standard InChI is InChI=1S/C21H29N3O4/c1-15(2)19(26)23-9-10-24(14-21(13-23)11-18(25)22(3)12-21)20(27)16-5-7-17(28-4)8-6-16/h5-8,15H,9-14H2,1-4H3. The van der Waals surface area contributed by atoms with Crippen molar-refractivity contribution in [2.75, 3.05) is 46.9 Å². The zero-order chi connectivity index (χ0) is 20.5. The number of hydrogen-bond acceptors (Lipinski definition) is 4. The molecule has 7 heteroatoms. The van der Waals surface area contributed by atoms with Crippen molar-refractivity contribution in [1.29, 1.82) is 0 Å². The van der Waals surface area contributed by atoms with Crippen LogP contribution in [0.2, 0.25) is 0 Å². The molecular weight excluding hydrogens is 358 g/mol. The highest BCUT2D eigenvalue weighted by Gasteiger charge is 2.47. The molecule has 0 aliphatic carbocycles. The van der Waals surface area contributed by atoms with Crippen LogP contribution in [0.3, 0.4) is 0 Å². The lowest BCUT2D eigenvalue weighted by Gasteiger charge is -2.33. The third-order valence-electron chi connectivity index (χ3n) is 5.65. The van der Waals surface area contributed by atoms with E-state index in [1.807, 2.05) is 18.7 Å². The first kappa shape index (κ1) is 20.2. The number of carbonyl (C=O) groups is 3. The molecule has 2 fully saturated rings. The number of nitrogens with zero attached hydrogens (tertiary/aromatic N) is 3. The van der Waals surface area contributed by atoms with Crippen molar-refractivity contribution < 1.29 is 19.1 Å². The first-order valence-corrected chi connectivity index (χ1v) is 9.71. The Morgan fingerprint density at radius 2 is 1.64 bits per heavy atom. The van der Waals surface area contributed by atoms with Gasteiger partial charge in [0.25, 0.3) is 5.91 Å². The van der Waals surface area contributed by atoms with Gasteiger partial charge in [0, 0.05) is 63.1 Å². The fraction of sp³-hybridized carbons (Fsp3) is 0.571. The number of hydrogen-bond donors (Lipinski definition) is 0. The zero-order valence-corrected chi connectivity index (χ0v) is 17.1. The summed E-state index contributed by atoms with van der Waals surface area (Å²) < 4.78 is 5.16. The van der Waals surface area contributed by atoms with E-state index < -0.39 is 5.41 Å². The highest BCUT2D eigenvalue weighted by molar-refractivity contribution is 5.94. The molecule has 7 nitrogen and oxygen atoms in total. The average Bonchev–Trinajstić information content (AvgIpc) is 2.84. The minimum absolute atomic E-state index is 0.0655. The molecule has 2 saturated heterocycles. The lowest BCUT2D eigenvalue weighted by atomic mass is 9.85. The van der Waals surface area contributed by atoms with Crippen molar-refractivity contribution in [3.63, 3.8) is 0 Å². The van der Waals surface area contributed by atoms with Crippen LogP contribution in [0, 0.1) is 11.3 Å². The Bertz CT molecular complexity index is 761. The first-order chi connectivity index (χ1) is 13.2. The van der Waals surface area contributed by atoms with E-state index in [1.54, 1.807) is 48.2 Å². The van der Waals surface area contributed by atoms with Crippen molar-refractivity contribution >= 4 is 17.7 Å². The molecule has 1 aromatic carbocycles. The molecule has 2 heterocycles. The van der Waals surface area contributed by atoms with Gasteiger partial charge in [0.1, 0.15) is 5.75 Å². The summed E-state index contributed by atoms with van der Waals surface area (Å²) in [6.07, 6.45) is 0.359. The van der Waals surface area contributed by atoms with Crippen LogP contribution >= 0.6 is 0 Å². The maximum absolute atomic E-state index is 13.1. The van der Waals surface area contributed by atoms with Crippen LogP contribution in [-0.4, -0.2) is 79.3 Å². The Balaban J connectivity index is 1.87. The van der Waals surface area contributed by atoms with Crippen molar-refractivity contribution in [3.05, 3.63) is 29.8 Å². The van der Waals surface area contributed by atoms with Crippen molar-refractivity contribution in [3.8, 4) is 5.75 Å².